The Hall–Kier alpha value is -2.08. The molecule has 1 aliphatic heterocycles. The lowest BCUT2D eigenvalue weighted by molar-refractivity contribution is 0.147. The van der Waals surface area contributed by atoms with Gasteiger partial charge in [0.2, 0.25) is 0 Å². The van der Waals surface area contributed by atoms with Crippen LogP contribution in [0.2, 0.25) is 5.02 Å². The maximum absolute atomic E-state index is 12.3. The Morgan fingerprint density at radius 1 is 1.33 bits per heavy atom. The summed E-state index contributed by atoms with van der Waals surface area (Å²) in [5, 5.41) is 12.9. The van der Waals surface area contributed by atoms with Gasteiger partial charge in [-0.25, -0.2) is 4.79 Å². The number of rotatable bonds is 6. The SMILES string of the molecule is CN1CCCC1CCOC(=O)Nc1ccc(CO)cc1-c1cccc(Cl)c1. The van der Waals surface area contributed by atoms with E-state index in [0.29, 0.717) is 23.4 Å². The minimum absolute atomic E-state index is 0.0762. The fourth-order valence-corrected chi connectivity index (χ4v) is 3.66. The summed E-state index contributed by atoms with van der Waals surface area (Å²) in [6.07, 6.45) is 2.72. The number of ether oxygens (including phenoxy) is 1. The highest BCUT2D eigenvalue weighted by molar-refractivity contribution is 6.30. The molecule has 0 spiro atoms. The first-order chi connectivity index (χ1) is 13.1. The van der Waals surface area contributed by atoms with Crippen molar-refractivity contribution in [3.8, 4) is 11.1 Å². The minimum Gasteiger partial charge on any atom is -0.449 e. The van der Waals surface area contributed by atoms with Gasteiger partial charge in [-0.15, -0.1) is 0 Å². The molecule has 0 aromatic heterocycles. The summed E-state index contributed by atoms with van der Waals surface area (Å²) >= 11 is 6.10. The van der Waals surface area contributed by atoms with Gasteiger partial charge in [0.25, 0.3) is 0 Å². The third-order valence-corrected chi connectivity index (χ3v) is 5.23. The summed E-state index contributed by atoms with van der Waals surface area (Å²) in [5.41, 5.74) is 3.03. The van der Waals surface area contributed by atoms with Gasteiger partial charge in [-0.2, -0.15) is 0 Å². The molecule has 1 atom stereocenters. The minimum atomic E-state index is -0.476. The normalized spacial score (nSPS) is 17.1. The summed E-state index contributed by atoms with van der Waals surface area (Å²) in [7, 11) is 2.11. The van der Waals surface area contributed by atoms with Crippen LogP contribution in [-0.2, 0) is 11.3 Å². The number of carbonyl (C=O) groups is 1. The highest BCUT2D eigenvalue weighted by Crippen LogP contribution is 2.31. The van der Waals surface area contributed by atoms with E-state index in [1.807, 2.05) is 24.3 Å². The molecule has 0 saturated carbocycles. The fraction of sp³-hybridized carbons (Fsp3) is 0.381. The number of nitrogens with one attached hydrogen (secondary N) is 1. The van der Waals surface area contributed by atoms with Crippen molar-refractivity contribution in [3.05, 3.63) is 53.1 Å². The molecule has 0 aliphatic carbocycles. The van der Waals surface area contributed by atoms with Crippen molar-refractivity contribution in [2.45, 2.75) is 31.9 Å². The van der Waals surface area contributed by atoms with E-state index in [1.54, 1.807) is 18.2 Å². The number of anilines is 1. The number of carbonyl (C=O) groups excluding carboxylic acids is 1. The Kier molecular flexibility index (Phi) is 6.72. The van der Waals surface area contributed by atoms with Crippen LogP contribution in [0.4, 0.5) is 10.5 Å². The van der Waals surface area contributed by atoms with E-state index in [2.05, 4.69) is 17.3 Å². The molecule has 1 heterocycles. The van der Waals surface area contributed by atoms with Gasteiger partial charge in [0.15, 0.2) is 0 Å². The third-order valence-electron chi connectivity index (χ3n) is 4.99. The Morgan fingerprint density at radius 2 is 2.19 bits per heavy atom. The average Bonchev–Trinajstić information content (AvgIpc) is 3.07. The van der Waals surface area contributed by atoms with E-state index in [0.717, 1.165) is 36.1 Å². The predicted octanol–water partition coefficient (Wildman–Crippen LogP) is 4.53. The molecule has 0 radical (unpaired) electrons. The molecule has 1 amide bonds. The second-order valence-corrected chi connectivity index (χ2v) is 7.31. The highest BCUT2D eigenvalue weighted by Gasteiger charge is 2.21. The predicted molar refractivity (Wildman–Crippen MR) is 108 cm³/mol. The first-order valence-corrected chi connectivity index (χ1v) is 9.58. The highest BCUT2D eigenvalue weighted by atomic mass is 35.5. The largest absolute Gasteiger partial charge is 0.449 e. The van der Waals surface area contributed by atoms with Crippen molar-refractivity contribution in [3.63, 3.8) is 0 Å². The maximum Gasteiger partial charge on any atom is 0.411 e. The van der Waals surface area contributed by atoms with Gasteiger partial charge in [-0.3, -0.25) is 5.32 Å². The van der Waals surface area contributed by atoms with Gasteiger partial charge in [0.05, 0.1) is 18.9 Å². The van der Waals surface area contributed by atoms with Crippen LogP contribution >= 0.6 is 11.6 Å². The Balaban J connectivity index is 1.67. The lowest BCUT2D eigenvalue weighted by Crippen LogP contribution is -2.27. The number of aliphatic hydroxyl groups excluding tert-OH is 1. The van der Waals surface area contributed by atoms with Gasteiger partial charge >= 0.3 is 6.09 Å². The van der Waals surface area contributed by atoms with Gasteiger partial charge in [-0.1, -0.05) is 29.8 Å². The zero-order chi connectivity index (χ0) is 19.2. The number of hydrogen-bond acceptors (Lipinski definition) is 4. The third kappa shape index (κ3) is 5.22. The molecule has 27 heavy (non-hydrogen) atoms. The van der Waals surface area contributed by atoms with Crippen molar-refractivity contribution in [2.75, 3.05) is 25.5 Å². The van der Waals surface area contributed by atoms with Crippen molar-refractivity contribution in [2.24, 2.45) is 0 Å². The zero-order valence-corrected chi connectivity index (χ0v) is 16.2. The molecule has 1 saturated heterocycles. The molecule has 0 bridgehead atoms. The second kappa shape index (κ2) is 9.22. The fourth-order valence-electron chi connectivity index (χ4n) is 3.47. The van der Waals surface area contributed by atoms with Crippen LogP contribution in [0.5, 0.6) is 0 Å². The van der Waals surface area contributed by atoms with E-state index in [-0.39, 0.29) is 6.61 Å². The van der Waals surface area contributed by atoms with Crippen molar-refractivity contribution < 1.29 is 14.6 Å². The topological polar surface area (TPSA) is 61.8 Å². The molecule has 2 N–H and O–H groups in total. The summed E-state index contributed by atoms with van der Waals surface area (Å²) in [6, 6.07) is 13.3. The Bertz CT molecular complexity index is 797. The molecule has 2 aromatic rings. The van der Waals surface area contributed by atoms with E-state index in [9.17, 15) is 9.90 Å². The van der Waals surface area contributed by atoms with Gasteiger partial charge in [0, 0.05) is 16.6 Å². The second-order valence-electron chi connectivity index (χ2n) is 6.87. The summed E-state index contributed by atoms with van der Waals surface area (Å²) in [6.45, 7) is 1.42. The molecule has 1 fully saturated rings. The average molecular weight is 389 g/mol. The van der Waals surface area contributed by atoms with Gasteiger partial charge in [-0.05, 0) is 68.2 Å². The monoisotopic (exact) mass is 388 g/mol. The first kappa shape index (κ1) is 19.7. The van der Waals surface area contributed by atoms with Crippen LogP contribution in [0.25, 0.3) is 11.1 Å². The van der Waals surface area contributed by atoms with Crippen LogP contribution in [0.3, 0.4) is 0 Å². The molecule has 2 aromatic carbocycles. The van der Waals surface area contributed by atoms with Crippen molar-refractivity contribution in [1.29, 1.82) is 0 Å². The summed E-state index contributed by atoms with van der Waals surface area (Å²) in [4.78, 5) is 14.6. The van der Waals surface area contributed by atoms with Crippen molar-refractivity contribution in [1.82, 2.24) is 4.90 Å². The standard InChI is InChI=1S/C21H25ClN2O3/c1-24-10-3-6-18(24)9-11-27-21(26)23-20-8-7-15(14-25)12-19(20)16-4-2-5-17(22)13-16/h2,4-5,7-8,12-13,18,25H,3,6,9-11,14H2,1H3,(H,23,26). The first-order valence-electron chi connectivity index (χ1n) is 9.20. The number of nitrogens with zero attached hydrogens (tertiary/aromatic N) is 1. The number of benzene rings is 2. The molecule has 1 unspecified atom stereocenters. The molecule has 3 rings (SSSR count). The van der Waals surface area contributed by atoms with Gasteiger partial charge in [0.1, 0.15) is 0 Å². The number of halogens is 1. The van der Waals surface area contributed by atoms with E-state index in [1.165, 1.54) is 6.42 Å². The van der Waals surface area contributed by atoms with Crippen molar-refractivity contribution >= 4 is 23.4 Å². The van der Waals surface area contributed by atoms with Crippen LogP contribution in [0.1, 0.15) is 24.8 Å². The molecule has 144 valence electrons. The molecular formula is C21H25ClN2O3. The quantitative estimate of drug-likeness (QED) is 0.763. The molecular weight excluding hydrogens is 364 g/mol. The van der Waals surface area contributed by atoms with Gasteiger partial charge < -0.3 is 14.7 Å². The Labute approximate surface area is 164 Å². The lowest BCUT2D eigenvalue weighted by atomic mass is 10.0. The Morgan fingerprint density at radius 3 is 2.89 bits per heavy atom. The zero-order valence-electron chi connectivity index (χ0n) is 15.5. The lowest BCUT2D eigenvalue weighted by Gasteiger charge is -2.19. The molecule has 1 aliphatic rings. The van der Waals surface area contributed by atoms with Crippen LogP contribution in [0, 0.1) is 0 Å². The summed E-state index contributed by atoms with van der Waals surface area (Å²) < 4.78 is 5.38. The molecule has 6 heteroatoms. The smallest absolute Gasteiger partial charge is 0.411 e. The van der Waals surface area contributed by atoms with Crippen LogP contribution in [-0.4, -0.2) is 42.3 Å². The summed E-state index contributed by atoms with van der Waals surface area (Å²) in [5.74, 6) is 0. The molecule has 5 nitrogen and oxygen atoms in total. The number of aliphatic hydroxyl groups is 1. The van der Waals surface area contributed by atoms with E-state index < -0.39 is 6.09 Å². The van der Waals surface area contributed by atoms with E-state index >= 15 is 0 Å². The number of hydrogen-bond donors (Lipinski definition) is 2. The van der Waals surface area contributed by atoms with Crippen LogP contribution < -0.4 is 5.32 Å². The number of likely N-dealkylation sites (tertiary alicyclic amines) is 1. The number of amides is 1. The maximum atomic E-state index is 12.3. The van der Waals surface area contributed by atoms with Crippen LogP contribution in [0.15, 0.2) is 42.5 Å². The van der Waals surface area contributed by atoms with E-state index in [4.69, 9.17) is 16.3 Å².